The molecule has 0 N–H and O–H groups in total. The molecular weight excluding hydrogens is 286 g/mol. The van der Waals surface area contributed by atoms with E-state index in [2.05, 4.69) is 35.2 Å². The van der Waals surface area contributed by atoms with Gasteiger partial charge in [-0.25, -0.2) is 0 Å². The van der Waals surface area contributed by atoms with Gasteiger partial charge in [0, 0.05) is 25.7 Å². The summed E-state index contributed by atoms with van der Waals surface area (Å²) in [6, 6.07) is 11.3. The molecule has 3 fully saturated rings. The van der Waals surface area contributed by atoms with Gasteiger partial charge >= 0.3 is 0 Å². The highest BCUT2D eigenvalue weighted by Gasteiger charge is 2.51. The van der Waals surface area contributed by atoms with Crippen LogP contribution in [0.4, 0.5) is 0 Å². The van der Waals surface area contributed by atoms with E-state index in [9.17, 15) is 0 Å². The topological polar surface area (TPSA) is 21.7 Å². The third kappa shape index (κ3) is 3.33. The van der Waals surface area contributed by atoms with Gasteiger partial charge < -0.3 is 9.47 Å². The maximum Gasteiger partial charge on any atom is 0.108 e. The van der Waals surface area contributed by atoms with Gasteiger partial charge in [0.1, 0.15) is 11.7 Å². The highest BCUT2D eigenvalue weighted by atomic mass is 16.6. The van der Waals surface area contributed by atoms with E-state index in [1.165, 1.54) is 44.1 Å². The van der Waals surface area contributed by atoms with Crippen molar-refractivity contribution in [1.82, 2.24) is 4.90 Å². The molecule has 0 aromatic heterocycles. The maximum atomic E-state index is 6.38. The quantitative estimate of drug-likeness (QED) is 0.844. The van der Waals surface area contributed by atoms with Crippen LogP contribution >= 0.6 is 0 Å². The van der Waals surface area contributed by atoms with Crippen molar-refractivity contribution in [3.8, 4) is 0 Å². The van der Waals surface area contributed by atoms with Crippen molar-refractivity contribution >= 4 is 0 Å². The van der Waals surface area contributed by atoms with Crippen molar-refractivity contribution in [2.24, 2.45) is 0 Å². The number of likely N-dealkylation sites (tertiary alicyclic amines) is 1. The molecule has 126 valence electrons. The Kier molecular flexibility index (Phi) is 4.70. The van der Waals surface area contributed by atoms with E-state index in [1.54, 1.807) is 0 Å². The Hall–Kier alpha value is -0.900. The van der Waals surface area contributed by atoms with Crippen LogP contribution in [0.2, 0.25) is 0 Å². The second kappa shape index (κ2) is 6.92. The Bertz CT molecular complexity index is 492. The predicted octanol–water partition coefficient (Wildman–Crippen LogP) is 3.77. The summed E-state index contributed by atoms with van der Waals surface area (Å²) in [6.07, 6.45) is 9.50. The van der Waals surface area contributed by atoms with Gasteiger partial charge in [-0.1, -0.05) is 49.6 Å². The van der Waals surface area contributed by atoms with Gasteiger partial charge in [-0.3, -0.25) is 4.90 Å². The summed E-state index contributed by atoms with van der Waals surface area (Å²) in [6.45, 7) is 3.74. The fourth-order valence-electron chi connectivity index (χ4n) is 4.69. The van der Waals surface area contributed by atoms with Gasteiger partial charge in [0.2, 0.25) is 0 Å². The molecular formula is C20H29NO2. The molecule has 0 unspecified atom stereocenters. The molecule has 1 saturated carbocycles. The van der Waals surface area contributed by atoms with Crippen molar-refractivity contribution in [2.45, 2.75) is 69.3 Å². The van der Waals surface area contributed by atoms with Crippen LogP contribution in [-0.2, 0) is 16.1 Å². The van der Waals surface area contributed by atoms with E-state index in [-0.39, 0.29) is 11.7 Å². The summed E-state index contributed by atoms with van der Waals surface area (Å²) < 4.78 is 12.6. The fraction of sp³-hybridized carbons (Fsp3) is 0.700. The standard InChI is InChI=1S/C20H29NO2/c1-3-8-17(9-4-1)15-22-19-14-21(18-10-5-2-6-11-18)16-20(19)12-7-13-23-20/h1,3-4,8-9,18-19H,2,5-7,10-16H2/t19-,20-/m0/s1. The van der Waals surface area contributed by atoms with Crippen LogP contribution in [0.3, 0.4) is 0 Å². The molecule has 3 aliphatic rings. The van der Waals surface area contributed by atoms with E-state index >= 15 is 0 Å². The van der Waals surface area contributed by atoms with Crippen molar-refractivity contribution in [3.63, 3.8) is 0 Å². The number of rotatable bonds is 4. The molecule has 2 saturated heterocycles. The molecule has 2 heterocycles. The smallest absolute Gasteiger partial charge is 0.108 e. The summed E-state index contributed by atoms with van der Waals surface area (Å²) in [5, 5.41) is 0. The Morgan fingerprint density at radius 2 is 1.91 bits per heavy atom. The third-order valence-corrected chi connectivity index (χ3v) is 5.98. The first-order chi connectivity index (χ1) is 11.4. The lowest BCUT2D eigenvalue weighted by atomic mass is 9.94. The molecule has 23 heavy (non-hydrogen) atoms. The largest absolute Gasteiger partial charge is 0.371 e. The van der Waals surface area contributed by atoms with Crippen molar-refractivity contribution in [2.75, 3.05) is 19.7 Å². The minimum absolute atomic E-state index is 0.0355. The van der Waals surface area contributed by atoms with Crippen LogP contribution in [0.15, 0.2) is 30.3 Å². The number of benzene rings is 1. The normalized spacial score (nSPS) is 32.8. The summed E-state index contributed by atoms with van der Waals surface area (Å²) in [5.74, 6) is 0. The Balaban J connectivity index is 1.43. The van der Waals surface area contributed by atoms with Crippen LogP contribution < -0.4 is 0 Å². The van der Waals surface area contributed by atoms with E-state index in [0.717, 1.165) is 32.2 Å². The summed E-state index contributed by atoms with van der Waals surface area (Å²) >= 11 is 0. The zero-order chi connectivity index (χ0) is 15.5. The highest BCUT2D eigenvalue weighted by Crippen LogP contribution is 2.39. The van der Waals surface area contributed by atoms with Crippen LogP contribution in [0.5, 0.6) is 0 Å². The Morgan fingerprint density at radius 3 is 2.65 bits per heavy atom. The van der Waals surface area contributed by atoms with Crippen LogP contribution in [0, 0.1) is 0 Å². The molecule has 2 atom stereocenters. The zero-order valence-electron chi connectivity index (χ0n) is 14.1. The minimum atomic E-state index is -0.0355. The van der Waals surface area contributed by atoms with Gasteiger partial charge in [0.05, 0.1) is 6.61 Å². The molecule has 1 aromatic rings. The number of nitrogens with zero attached hydrogens (tertiary/aromatic N) is 1. The monoisotopic (exact) mass is 315 g/mol. The SMILES string of the molecule is c1ccc(CO[C@H]2CN(C3CCCCC3)C[C@@]23CCCO3)cc1. The van der Waals surface area contributed by atoms with Gasteiger partial charge in [0.15, 0.2) is 0 Å². The van der Waals surface area contributed by atoms with E-state index < -0.39 is 0 Å². The van der Waals surface area contributed by atoms with Gasteiger partial charge in [-0.15, -0.1) is 0 Å². The van der Waals surface area contributed by atoms with Crippen molar-refractivity contribution < 1.29 is 9.47 Å². The molecule has 0 bridgehead atoms. The molecule has 0 amide bonds. The van der Waals surface area contributed by atoms with Crippen molar-refractivity contribution in [3.05, 3.63) is 35.9 Å². The molecule has 0 radical (unpaired) electrons. The zero-order valence-corrected chi connectivity index (χ0v) is 14.1. The summed E-state index contributed by atoms with van der Waals surface area (Å²) in [5.41, 5.74) is 1.23. The summed E-state index contributed by atoms with van der Waals surface area (Å²) in [4.78, 5) is 2.68. The number of hydrogen-bond donors (Lipinski definition) is 0. The average Bonchev–Trinajstić information content (AvgIpc) is 3.23. The molecule has 1 aromatic carbocycles. The lowest BCUT2D eigenvalue weighted by Crippen LogP contribution is -2.43. The van der Waals surface area contributed by atoms with Crippen LogP contribution in [0.25, 0.3) is 0 Å². The van der Waals surface area contributed by atoms with E-state index in [4.69, 9.17) is 9.47 Å². The lowest BCUT2D eigenvalue weighted by molar-refractivity contribution is -0.0960. The van der Waals surface area contributed by atoms with E-state index in [1.807, 2.05) is 0 Å². The first-order valence-corrected chi connectivity index (χ1v) is 9.39. The maximum absolute atomic E-state index is 6.38. The van der Waals surface area contributed by atoms with Crippen LogP contribution in [0.1, 0.15) is 50.5 Å². The second-order valence-electron chi connectivity index (χ2n) is 7.52. The molecule has 3 heteroatoms. The first-order valence-electron chi connectivity index (χ1n) is 9.39. The third-order valence-electron chi connectivity index (χ3n) is 5.98. The van der Waals surface area contributed by atoms with Crippen LogP contribution in [-0.4, -0.2) is 42.3 Å². The summed E-state index contributed by atoms with van der Waals surface area (Å²) in [7, 11) is 0. The molecule has 2 aliphatic heterocycles. The predicted molar refractivity (Wildman–Crippen MR) is 91.4 cm³/mol. The average molecular weight is 315 g/mol. The molecule has 1 spiro atoms. The second-order valence-corrected chi connectivity index (χ2v) is 7.52. The Labute approximate surface area is 140 Å². The fourth-order valence-corrected chi connectivity index (χ4v) is 4.69. The number of hydrogen-bond acceptors (Lipinski definition) is 3. The van der Waals surface area contributed by atoms with Crippen molar-refractivity contribution in [1.29, 1.82) is 0 Å². The van der Waals surface area contributed by atoms with Gasteiger partial charge in [-0.2, -0.15) is 0 Å². The molecule has 3 nitrogen and oxygen atoms in total. The minimum Gasteiger partial charge on any atom is -0.371 e. The molecule has 4 rings (SSSR count). The lowest BCUT2D eigenvalue weighted by Gasteiger charge is -2.32. The highest BCUT2D eigenvalue weighted by molar-refractivity contribution is 5.14. The molecule has 1 aliphatic carbocycles. The Morgan fingerprint density at radius 1 is 1.09 bits per heavy atom. The first kappa shape index (κ1) is 15.6. The number of ether oxygens (including phenoxy) is 2. The van der Waals surface area contributed by atoms with E-state index in [0.29, 0.717) is 6.61 Å². The van der Waals surface area contributed by atoms with Gasteiger partial charge in [0.25, 0.3) is 0 Å². The van der Waals surface area contributed by atoms with Gasteiger partial charge in [-0.05, 0) is 31.2 Å².